The maximum absolute atomic E-state index is 13.2. The number of amides is 1. The van der Waals surface area contributed by atoms with Crippen LogP contribution in [0.15, 0.2) is 24.3 Å². The molecule has 4 rings (SSSR count). The molecule has 1 saturated carbocycles. The largest absolute Gasteiger partial charge is 0.416 e. The van der Waals surface area contributed by atoms with Crippen LogP contribution >= 0.6 is 0 Å². The molecule has 3 aliphatic rings. The molecule has 1 aromatic carbocycles. The Balaban J connectivity index is 1.46. The summed E-state index contributed by atoms with van der Waals surface area (Å²) in [6.45, 7) is 3.46. The predicted molar refractivity (Wildman–Crippen MR) is 83.3 cm³/mol. The van der Waals surface area contributed by atoms with Crippen molar-refractivity contribution in [2.45, 2.75) is 24.9 Å². The minimum Gasteiger partial charge on any atom is -0.342 e. The minimum atomic E-state index is -4.36. The monoisotopic (exact) mass is 338 g/mol. The Morgan fingerprint density at radius 1 is 1.17 bits per heavy atom. The lowest BCUT2D eigenvalue weighted by Crippen LogP contribution is -2.44. The number of carbonyl (C=O) groups excluding carboxylic acids is 1. The first-order valence-electron chi connectivity index (χ1n) is 8.61. The second kappa shape index (κ2) is 5.76. The first kappa shape index (κ1) is 15.9. The number of hydrogen-bond acceptors (Lipinski definition) is 2. The van der Waals surface area contributed by atoms with E-state index < -0.39 is 11.7 Å². The van der Waals surface area contributed by atoms with Crippen molar-refractivity contribution >= 4 is 5.91 Å². The third kappa shape index (κ3) is 2.81. The number of halogens is 3. The van der Waals surface area contributed by atoms with Gasteiger partial charge in [0.2, 0.25) is 5.91 Å². The third-order valence-electron chi connectivity index (χ3n) is 5.79. The second-order valence-electron chi connectivity index (χ2n) is 7.29. The van der Waals surface area contributed by atoms with Crippen LogP contribution in [0.4, 0.5) is 13.2 Å². The highest BCUT2D eigenvalue weighted by Crippen LogP contribution is 2.52. The highest BCUT2D eigenvalue weighted by Gasteiger charge is 2.50. The highest BCUT2D eigenvalue weighted by molar-refractivity contribution is 5.83. The molecule has 2 unspecified atom stereocenters. The van der Waals surface area contributed by atoms with Gasteiger partial charge in [-0.25, -0.2) is 0 Å². The number of carbonyl (C=O) groups is 1. The third-order valence-corrected chi connectivity index (χ3v) is 5.79. The van der Waals surface area contributed by atoms with Crippen LogP contribution in [0, 0.1) is 17.8 Å². The molecule has 1 amide bonds. The Labute approximate surface area is 139 Å². The lowest BCUT2D eigenvalue weighted by Gasteiger charge is -2.34. The Bertz CT molecular complexity index is 645. The van der Waals surface area contributed by atoms with Gasteiger partial charge in [-0.15, -0.1) is 0 Å². The van der Waals surface area contributed by atoms with Gasteiger partial charge in [0.15, 0.2) is 0 Å². The molecule has 0 radical (unpaired) electrons. The fraction of sp³-hybridized carbons (Fsp3) is 0.611. The average molecular weight is 338 g/mol. The maximum Gasteiger partial charge on any atom is 0.416 e. The van der Waals surface area contributed by atoms with Crippen LogP contribution in [-0.2, 0) is 11.0 Å². The van der Waals surface area contributed by atoms with Crippen LogP contribution in [0.3, 0.4) is 0 Å². The number of nitrogens with zero attached hydrogens (tertiary/aromatic N) is 1. The molecule has 6 heteroatoms. The van der Waals surface area contributed by atoms with Crippen molar-refractivity contribution in [1.82, 2.24) is 10.2 Å². The van der Waals surface area contributed by atoms with E-state index in [9.17, 15) is 18.0 Å². The topological polar surface area (TPSA) is 32.3 Å². The standard InChI is InChI=1S/C18H21F3N2O/c19-18(20,21)16-4-2-1-3-13(16)14-7-15(14)17(24)23-6-5-11-8-22-9-12(11)10-23/h1-4,11-12,14-15,22H,5-10H2/t11?,12?,14-,15+/m0/s1. The Hall–Kier alpha value is -1.56. The summed E-state index contributed by atoms with van der Waals surface area (Å²) in [4.78, 5) is 14.6. The van der Waals surface area contributed by atoms with E-state index in [1.165, 1.54) is 12.1 Å². The molecule has 3 fully saturated rings. The summed E-state index contributed by atoms with van der Waals surface area (Å²) >= 11 is 0. The number of hydrogen-bond donors (Lipinski definition) is 1. The lowest BCUT2D eigenvalue weighted by atomic mass is 9.88. The number of alkyl halides is 3. The minimum absolute atomic E-state index is 0.0438. The zero-order valence-electron chi connectivity index (χ0n) is 13.4. The number of nitrogens with one attached hydrogen (secondary N) is 1. The quantitative estimate of drug-likeness (QED) is 0.899. The highest BCUT2D eigenvalue weighted by atomic mass is 19.4. The van der Waals surface area contributed by atoms with Gasteiger partial charge in [-0.3, -0.25) is 4.79 Å². The van der Waals surface area contributed by atoms with Crippen molar-refractivity contribution in [2.24, 2.45) is 17.8 Å². The van der Waals surface area contributed by atoms with Crippen LogP contribution in [0.1, 0.15) is 29.9 Å². The summed E-state index contributed by atoms with van der Waals surface area (Å²) in [7, 11) is 0. The van der Waals surface area contributed by atoms with Gasteiger partial charge in [-0.2, -0.15) is 13.2 Å². The van der Waals surface area contributed by atoms with Crippen molar-refractivity contribution in [2.75, 3.05) is 26.2 Å². The second-order valence-corrected chi connectivity index (χ2v) is 7.29. The van der Waals surface area contributed by atoms with Gasteiger partial charge in [0.1, 0.15) is 0 Å². The summed E-state index contributed by atoms with van der Waals surface area (Å²) in [6, 6.07) is 5.67. The maximum atomic E-state index is 13.2. The first-order chi connectivity index (χ1) is 11.4. The Morgan fingerprint density at radius 3 is 2.71 bits per heavy atom. The van der Waals surface area contributed by atoms with E-state index in [4.69, 9.17) is 0 Å². The van der Waals surface area contributed by atoms with Crippen molar-refractivity contribution in [3.05, 3.63) is 35.4 Å². The van der Waals surface area contributed by atoms with E-state index in [0.29, 0.717) is 18.3 Å². The van der Waals surface area contributed by atoms with Crippen LogP contribution in [0.25, 0.3) is 0 Å². The van der Waals surface area contributed by atoms with Gasteiger partial charge in [0.05, 0.1) is 5.56 Å². The van der Waals surface area contributed by atoms with E-state index in [1.807, 2.05) is 4.90 Å². The van der Waals surface area contributed by atoms with Crippen LogP contribution in [-0.4, -0.2) is 37.0 Å². The van der Waals surface area contributed by atoms with Crippen LogP contribution in [0.2, 0.25) is 0 Å². The van der Waals surface area contributed by atoms with Gasteiger partial charge in [0.25, 0.3) is 0 Å². The smallest absolute Gasteiger partial charge is 0.342 e. The molecule has 1 aromatic rings. The molecular formula is C18H21F3N2O. The first-order valence-corrected chi connectivity index (χ1v) is 8.61. The van der Waals surface area contributed by atoms with Crippen LogP contribution < -0.4 is 5.32 Å². The summed E-state index contributed by atoms with van der Waals surface area (Å²) in [5, 5.41) is 3.36. The van der Waals surface area contributed by atoms with E-state index in [-0.39, 0.29) is 23.3 Å². The fourth-order valence-electron chi connectivity index (χ4n) is 4.36. The van der Waals surface area contributed by atoms with Gasteiger partial charge >= 0.3 is 6.18 Å². The fourth-order valence-corrected chi connectivity index (χ4v) is 4.36. The molecule has 0 aromatic heterocycles. The van der Waals surface area contributed by atoms with Crippen LogP contribution in [0.5, 0.6) is 0 Å². The summed E-state index contributed by atoms with van der Waals surface area (Å²) < 4.78 is 39.5. The molecule has 2 saturated heterocycles. The number of benzene rings is 1. The van der Waals surface area contributed by atoms with Crippen molar-refractivity contribution < 1.29 is 18.0 Å². The summed E-state index contributed by atoms with van der Waals surface area (Å²) in [5.74, 6) is 0.633. The van der Waals surface area contributed by atoms with Gasteiger partial charge in [-0.05, 0) is 55.3 Å². The number of rotatable bonds is 2. The Kier molecular flexibility index (Phi) is 3.82. The molecule has 3 nitrogen and oxygen atoms in total. The summed E-state index contributed by atoms with van der Waals surface area (Å²) in [6.07, 6.45) is -2.82. The Morgan fingerprint density at radius 2 is 1.92 bits per heavy atom. The molecule has 2 heterocycles. The molecule has 2 aliphatic heterocycles. The van der Waals surface area contributed by atoms with E-state index >= 15 is 0 Å². The molecule has 0 bridgehead atoms. The van der Waals surface area contributed by atoms with Gasteiger partial charge < -0.3 is 10.2 Å². The molecule has 130 valence electrons. The molecule has 24 heavy (non-hydrogen) atoms. The van der Waals surface area contributed by atoms with E-state index in [1.54, 1.807) is 6.07 Å². The number of fused-ring (bicyclic) bond motifs is 1. The van der Waals surface area contributed by atoms with E-state index in [0.717, 1.165) is 38.7 Å². The van der Waals surface area contributed by atoms with E-state index in [2.05, 4.69) is 5.32 Å². The average Bonchev–Trinajstić information content (AvgIpc) is 3.22. The lowest BCUT2D eigenvalue weighted by molar-refractivity contribution is -0.139. The van der Waals surface area contributed by atoms with Crippen molar-refractivity contribution in [3.63, 3.8) is 0 Å². The van der Waals surface area contributed by atoms with Crippen molar-refractivity contribution in [1.29, 1.82) is 0 Å². The molecular weight excluding hydrogens is 317 g/mol. The predicted octanol–water partition coefficient (Wildman–Crippen LogP) is 2.88. The normalized spacial score (nSPS) is 32.5. The zero-order chi connectivity index (χ0) is 16.9. The molecule has 4 atom stereocenters. The molecule has 1 N–H and O–H groups in total. The van der Waals surface area contributed by atoms with Gasteiger partial charge in [-0.1, -0.05) is 18.2 Å². The molecule has 0 spiro atoms. The molecule has 1 aliphatic carbocycles. The SMILES string of the molecule is O=C([C@@H]1C[C@H]1c1ccccc1C(F)(F)F)N1CCC2CNCC2C1. The zero-order valence-corrected chi connectivity index (χ0v) is 13.4. The number of likely N-dealkylation sites (tertiary alicyclic amines) is 1. The van der Waals surface area contributed by atoms with Crippen molar-refractivity contribution in [3.8, 4) is 0 Å². The number of piperidine rings is 1. The summed E-state index contributed by atoms with van der Waals surface area (Å²) in [5.41, 5.74) is -0.315. The van der Waals surface area contributed by atoms with Gasteiger partial charge in [0, 0.05) is 19.0 Å².